The van der Waals surface area contributed by atoms with Crippen molar-refractivity contribution in [3.05, 3.63) is 51.4 Å². The number of nitrogens with one attached hydrogen (secondary N) is 1. The molecule has 2 heterocycles. The molecule has 1 aliphatic rings. The van der Waals surface area contributed by atoms with Crippen LogP contribution in [0.2, 0.25) is 0 Å². The van der Waals surface area contributed by atoms with E-state index in [4.69, 9.17) is 0 Å². The number of anilines is 2. The summed E-state index contributed by atoms with van der Waals surface area (Å²) in [5.41, 5.74) is 2.72. The molecule has 0 atom stereocenters. The number of carbonyl (C=O) groups is 1. The van der Waals surface area contributed by atoms with E-state index in [0.29, 0.717) is 13.0 Å². The lowest BCUT2D eigenvalue weighted by Gasteiger charge is -2.16. The zero-order chi connectivity index (χ0) is 15.5. The normalized spacial score (nSPS) is 14.4. The van der Waals surface area contributed by atoms with Crippen molar-refractivity contribution in [1.82, 2.24) is 0 Å². The zero-order valence-corrected chi connectivity index (χ0v) is 12.6. The molecule has 7 heteroatoms. The van der Waals surface area contributed by atoms with Crippen molar-refractivity contribution in [2.24, 2.45) is 0 Å². The van der Waals surface area contributed by atoms with Gasteiger partial charge in [0.1, 0.15) is 0 Å². The smallest absolute Gasteiger partial charge is 0.324 e. The highest BCUT2D eigenvalue weighted by Crippen LogP contribution is 2.25. The molecular formula is C15H15N3O3S. The van der Waals surface area contributed by atoms with Crippen LogP contribution in [0.4, 0.5) is 16.4 Å². The topological polar surface area (TPSA) is 75.5 Å². The first-order valence-corrected chi connectivity index (χ1v) is 7.87. The second-order valence-electron chi connectivity index (χ2n) is 5.10. The van der Waals surface area contributed by atoms with E-state index in [0.717, 1.165) is 41.2 Å². The molecule has 0 radical (unpaired) electrons. The molecule has 1 aromatic carbocycles. The third kappa shape index (κ3) is 3.09. The molecule has 3 rings (SSSR count). The van der Waals surface area contributed by atoms with Gasteiger partial charge in [-0.3, -0.25) is 14.9 Å². The summed E-state index contributed by atoms with van der Waals surface area (Å²) in [4.78, 5) is 23.7. The highest BCUT2D eigenvalue weighted by atomic mass is 32.1. The standard InChI is InChI=1S/C15H15N3O3S/c19-14-2-1-7-17(14)13-5-3-12(4-6-13)16-9-11-8-15(18(20)21)22-10-11/h3-6,8,10,16H,1-2,7,9H2. The van der Waals surface area contributed by atoms with E-state index in [-0.39, 0.29) is 15.8 Å². The molecular weight excluding hydrogens is 302 g/mol. The Kier molecular flexibility index (Phi) is 4.06. The fourth-order valence-electron chi connectivity index (χ4n) is 2.44. The van der Waals surface area contributed by atoms with Crippen molar-refractivity contribution >= 4 is 33.6 Å². The fraction of sp³-hybridized carbons (Fsp3) is 0.267. The number of thiophene rings is 1. The Morgan fingerprint density at radius 1 is 1.32 bits per heavy atom. The summed E-state index contributed by atoms with van der Waals surface area (Å²) in [5.74, 6) is 0.172. The molecule has 22 heavy (non-hydrogen) atoms. The molecule has 1 fully saturated rings. The first kappa shape index (κ1) is 14.5. The summed E-state index contributed by atoms with van der Waals surface area (Å²) in [6.45, 7) is 1.32. The van der Waals surface area contributed by atoms with Gasteiger partial charge in [0.15, 0.2) is 0 Å². The van der Waals surface area contributed by atoms with E-state index in [1.165, 1.54) is 0 Å². The second kappa shape index (κ2) is 6.15. The molecule has 0 aliphatic carbocycles. The highest BCUT2D eigenvalue weighted by molar-refractivity contribution is 7.13. The Bertz CT molecular complexity index is 696. The fourth-order valence-corrected chi connectivity index (χ4v) is 3.16. The average Bonchev–Trinajstić information content (AvgIpc) is 3.15. The van der Waals surface area contributed by atoms with Gasteiger partial charge < -0.3 is 10.2 Å². The minimum Gasteiger partial charge on any atom is -0.381 e. The van der Waals surface area contributed by atoms with Crippen LogP contribution in [0.15, 0.2) is 35.7 Å². The van der Waals surface area contributed by atoms with Gasteiger partial charge in [-0.2, -0.15) is 0 Å². The summed E-state index contributed by atoms with van der Waals surface area (Å²) < 4.78 is 0. The molecule has 0 spiro atoms. The van der Waals surface area contributed by atoms with Crippen LogP contribution in [0.25, 0.3) is 0 Å². The van der Waals surface area contributed by atoms with Crippen LogP contribution in [-0.4, -0.2) is 17.4 Å². The molecule has 1 aromatic heterocycles. The Balaban J connectivity index is 1.61. The highest BCUT2D eigenvalue weighted by Gasteiger charge is 2.21. The molecule has 0 bridgehead atoms. The third-order valence-electron chi connectivity index (χ3n) is 3.57. The van der Waals surface area contributed by atoms with Gasteiger partial charge in [0, 0.05) is 42.3 Å². The van der Waals surface area contributed by atoms with Crippen LogP contribution in [0.5, 0.6) is 0 Å². The van der Waals surface area contributed by atoms with Crippen LogP contribution in [0.3, 0.4) is 0 Å². The van der Waals surface area contributed by atoms with E-state index in [1.807, 2.05) is 24.3 Å². The number of hydrogen-bond donors (Lipinski definition) is 1. The van der Waals surface area contributed by atoms with Crippen LogP contribution in [0, 0.1) is 10.1 Å². The first-order valence-electron chi connectivity index (χ1n) is 6.99. The van der Waals surface area contributed by atoms with Crippen molar-refractivity contribution in [2.45, 2.75) is 19.4 Å². The molecule has 2 aromatic rings. The molecule has 6 nitrogen and oxygen atoms in total. The molecule has 1 N–H and O–H groups in total. The predicted molar refractivity (Wildman–Crippen MR) is 86.3 cm³/mol. The van der Waals surface area contributed by atoms with E-state index in [1.54, 1.807) is 16.3 Å². The minimum absolute atomic E-state index is 0.152. The molecule has 0 saturated carbocycles. The van der Waals surface area contributed by atoms with Gasteiger partial charge in [-0.1, -0.05) is 11.3 Å². The Morgan fingerprint density at radius 3 is 2.68 bits per heavy atom. The first-order chi connectivity index (χ1) is 10.6. The number of carbonyl (C=O) groups excluding carboxylic acids is 1. The van der Waals surface area contributed by atoms with E-state index in [2.05, 4.69) is 5.32 Å². The van der Waals surface area contributed by atoms with Crippen LogP contribution in [0.1, 0.15) is 18.4 Å². The number of rotatable bonds is 5. The lowest BCUT2D eigenvalue weighted by atomic mass is 10.2. The maximum absolute atomic E-state index is 11.7. The van der Waals surface area contributed by atoms with E-state index < -0.39 is 0 Å². The summed E-state index contributed by atoms with van der Waals surface area (Å²) in [7, 11) is 0. The number of benzene rings is 1. The van der Waals surface area contributed by atoms with E-state index in [9.17, 15) is 14.9 Å². The number of amides is 1. The third-order valence-corrected chi connectivity index (χ3v) is 4.50. The number of hydrogen-bond acceptors (Lipinski definition) is 5. The predicted octanol–water partition coefficient (Wildman–Crippen LogP) is 3.40. The largest absolute Gasteiger partial charge is 0.381 e. The van der Waals surface area contributed by atoms with Gasteiger partial charge in [-0.15, -0.1) is 0 Å². The number of nitro groups is 1. The van der Waals surface area contributed by atoms with Crippen molar-refractivity contribution in [3.8, 4) is 0 Å². The van der Waals surface area contributed by atoms with Gasteiger partial charge in [0.05, 0.1) is 4.92 Å². The lowest BCUT2D eigenvalue weighted by molar-refractivity contribution is -0.380. The second-order valence-corrected chi connectivity index (χ2v) is 5.99. The lowest BCUT2D eigenvalue weighted by Crippen LogP contribution is -2.23. The van der Waals surface area contributed by atoms with Crippen LogP contribution in [-0.2, 0) is 11.3 Å². The van der Waals surface area contributed by atoms with E-state index >= 15 is 0 Å². The van der Waals surface area contributed by atoms with Crippen molar-refractivity contribution in [1.29, 1.82) is 0 Å². The quantitative estimate of drug-likeness (QED) is 0.677. The summed E-state index contributed by atoms with van der Waals surface area (Å²) in [5, 5.41) is 15.8. The van der Waals surface area contributed by atoms with Crippen LogP contribution >= 0.6 is 11.3 Å². The average molecular weight is 317 g/mol. The van der Waals surface area contributed by atoms with Crippen LogP contribution < -0.4 is 10.2 Å². The van der Waals surface area contributed by atoms with Gasteiger partial charge in [0.2, 0.25) is 5.91 Å². The van der Waals surface area contributed by atoms with Crippen molar-refractivity contribution < 1.29 is 9.72 Å². The van der Waals surface area contributed by atoms with Crippen molar-refractivity contribution in [3.63, 3.8) is 0 Å². The zero-order valence-electron chi connectivity index (χ0n) is 11.8. The Hall–Kier alpha value is -2.41. The molecule has 114 valence electrons. The van der Waals surface area contributed by atoms with Gasteiger partial charge >= 0.3 is 5.00 Å². The van der Waals surface area contributed by atoms with Crippen molar-refractivity contribution in [2.75, 3.05) is 16.8 Å². The minimum atomic E-state index is -0.379. The molecule has 1 aliphatic heterocycles. The van der Waals surface area contributed by atoms with Gasteiger partial charge in [0.25, 0.3) is 0 Å². The Labute approximate surface area is 131 Å². The molecule has 1 saturated heterocycles. The summed E-state index contributed by atoms with van der Waals surface area (Å²) >= 11 is 1.13. The van der Waals surface area contributed by atoms with Gasteiger partial charge in [-0.05, 0) is 36.2 Å². The van der Waals surface area contributed by atoms with Gasteiger partial charge in [-0.25, -0.2) is 0 Å². The maximum Gasteiger partial charge on any atom is 0.324 e. The summed E-state index contributed by atoms with van der Waals surface area (Å²) in [6, 6.07) is 9.25. The molecule has 1 amide bonds. The number of nitrogens with zero attached hydrogens (tertiary/aromatic N) is 2. The Morgan fingerprint density at radius 2 is 2.09 bits per heavy atom. The monoisotopic (exact) mass is 317 g/mol. The maximum atomic E-state index is 11.7. The summed E-state index contributed by atoms with van der Waals surface area (Å²) in [6.07, 6.45) is 1.53. The SMILES string of the molecule is O=C1CCCN1c1ccc(NCc2csc([N+](=O)[O-])c2)cc1. The molecule has 0 unspecified atom stereocenters.